The maximum Gasteiger partial charge on any atom is 0.107 e. The van der Waals surface area contributed by atoms with Gasteiger partial charge >= 0.3 is 0 Å². The Morgan fingerprint density at radius 1 is 1.36 bits per heavy atom. The summed E-state index contributed by atoms with van der Waals surface area (Å²) in [7, 11) is 0. The molecule has 1 N–H and O–H groups in total. The topological polar surface area (TPSA) is 24.9 Å². The van der Waals surface area contributed by atoms with E-state index in [4.69, 9.17) is 0 Å². The third-order valence-electron chi connectivity index (χ3n) is 1.54. The smallest absolute Gasteiger partial charge is 0.107 e. The lowest BCUT2D eigenvalue weighted by Crippen LogP contribution is -2.24. The van der Waals surface area contributed by atoms with Gasteiger partial charge in [-0.3, -0.25) is 0 Å². The van der Waals surface area contributed by atoms with E-state index in [2.05, 4.69) is 67.4 Å². The molecule has 1 heterocycles. The molecule has 0 fully saturated rings. The molecule has 1 unspecified atom stereocenters. The van der Waals surface area contributed by atoms with Crippen LogP contribution in [0.5, 0.6) is 0 Å². The SMILES string of the molecule is SCC(S)NCc1cc(Br)nc(Br)c1. The fourth-order valence-corrected chi connectivity index (χ4v) is 2.34. The molecule has 1 aromatic heterocycles. The molecule has 0 saturated carbocycles. The summed E-state index contributed by atoms with van der Waals surface area (Å²) in [5.74, 6) is 0.705. The van der Waals surface area contributed by atoms with Gasteiger partial charge in [0.15, 0.2) is 0 Å². The van der Waals surface area contributed by atoms with Crippen molar-refractivity contribution < 1.29 is 0 Å². The number of hydrogen-bond acceptors (Lipinski definition) is 4. The van der Waals surface area contributed by atoms with Crippen LogP contribution in [0.25, 0.3) is 0 Å². The second kappa shape index (κ2) is 6.37. The summed E-state index contributed by atoms with van der Waals surface area (Å²) < 4.78 is 1.65. The van der Waals surface area contributed by atoms with E-state index < -0.39 is 0 Å². The zero-order valence-corrected chi connectivity index (χ0v) is 12.2. The molecule has 1 atom stereocenters. The average molecular weight is 358 g/mol. The van der Waals surface area contributed by atoms with Gasteiger partial charge in [0.05, 0.1) is 5.37 Å². The second-order valence-electron chi connectivity index (χ2n) is 2.70. The molecule has 0 aliphatic heterocycles. The highest BCUT2D eigenvalue weighted by Gasteiger charge is 2.01. The largest absolute Gasteiger partial charge is 0.301 e. The normalized spacial score (nSPS) is 12.9. The third-order valence-corrected chi connectivity index (χ3v) is 3.37. The Kier molecular flexibility index (Phi) is 5.84. The van der Waals surface area contributed by atoms with Crippen molar-refractivity contribution in [2.24, 2.45) is 0 Å². The van der Waals surface area contributed by atoms with Gasteiger partial charge in [0.2, 0.25) is 0 Å². The Bertz CT molecular complexity index is 289. The van der Waals surface area contributed by atoms with Crippen molar-refractivity contribution in [1.82, 2.24) is 10.3 Å². The summed E-state index contributed by atoms with van der Waals surface area (Å²) in [6.07, 6.45) is 0. The van der Waals surface area contributed by atoms with E-state index in [9.17, 15) is 0 Å². The second-order valence-corrected chi connectivity index (χ2v) is 5.31. The van der Waals surface area contributed by atoms with Crippen LogP contribution in [0.2, 0.25) is 0 Å². The Morgan fingerprint density at radius 2 is 1.93 bits per heavy atom. The lowest BCUT2D eigenvalue weighted by Gasteiger charge is -2.10. The average Bonchev–Trinajstić information content (AvgIpc) is 2.12. The number of aromatic nitrogens is 1. The fraction of sp³-hybridized carbons (Fsp3) is 0.375. The van der Waals surface area contributed by atoms with Crippen molar-refractivity contribution in [1.29, 1.82) is 0 Å². The summed E-state index contributed by atoms with van der Waals surface area (Å²) in [4.78, 5) is 4.15. The van der Waals surface area contributed by atoms with E-state index in [0.29, 0.717) is 5.75 Å². The third kappa shape index (κ3) is 4.53. The van der Waals surface area contributed by atoms with E-state index in [1.165, 1.54) is 0 Å². The minimum atomic E-state index is 0.115. The molecule has 0 amide bonds. The van der Waals surface area contributed by atoms with Crippen molar-refractivity contribution in [2.75, 3.05) is 5.75 Å². The van der Waals surface area contributed by atoms with Crippen LogP contribution < -0.4 is 5.32 Å². The molecule has 0 aromatic carbocycles. The summed E-state index contributed by atoms with van der Waals surface area (Å²) in [5.41, 5.74) is 1.15. The first-order valence-corrected chi connectivity index (χ1v) is 6.69. The molecule has 2 nitrogen and oxygen atoms in total. The van der Waals surface area contributed by atoms with E-state index in [0.717, 1.165) is 21.3 Å². The van der Waals surface area contributed by atoms with Gasteiger partial charge < -0.3 is 5.32 Å². The lowest BCUT2D eigenvalue weighted by atomic mass is 10.3. The predicted octanol–water partition coefficient (Wildman–Crippen LogP) is 2.88. The number of rotatable bonds is 4. The van der Waals surface area contributed by atoms with E-state index in [1.54, 1.807) is 0 Å². The molecule has 78 valence electrons. The van der Waals surface area contributed by atoms with Crippen LogP contribution in [0, 0.1) is 0 Å². The molecule has 1 rings (SSSR count). The molecule has 0 aliphatic carbocycles. The van der Waals surface area contributed by atoms with Crippen molar-refractivity contribution >= 4 is 57.1 Å². The minimum Gasteiger partial charge on any atom is -0.301 e. The van der Waals surface area contributed by atoms with E-state index in [-0.39, 0.29) is 5.37 Å². The first kappa shape index (κ1) is 12.8. The number of nitrogens with zero attached hydrogens (tertiary/aromatic N) is 1. The lowest BCUT2D eigenvalue weighted by molar-refractivity contribution is 0.696. The molecule has 0 aliphatic rings. The Hall–Kier alpha value is 0.770. The predicted molar refractivity (Wildman–Crippen MR) is 73.1 cm³/mol. The minimum absolute atomic E-state index is 0.115. The maximum atomic E-state index is 4.29. The van der Waals surface area contributed by atoms with Crippen LogP contribution in [0.15, 0.2) is 21.3 Å². The molecule has 0 radical (unpaired) electrons. The van der Waals surface area contributed by atoms with Gasteiger partial charge in [-0.15, -0.1) is 0 Å². The van der Waals surface area contributed by atoms with Crippen LogP contribution in [0.3, 0.4) is 0 Å². The highest BCUT2D eigenvalue weighted by atomic mass is 79.9. The first-order chi connectivity index (χ1) is 6.61. The zero-order valence-electron chi connectivity index (χ0n) is 7.24. The Labute approximate surface area is 111 Å². The van der Waals surface area contributed by atoms with E-state index >= 15 is 0 Å². The summed E-state index contributed by atoms with van der Waals surface area (Å²) in [5, 5.41) is 3.34. The molecule has 6 heteroatoms. The molecule has 0 bridgehead atoms. The number of nitrogens with one attached hydrogen (secondary N) is 1. The first-order valence-electron chi connectivity index (χ1n) is 3.96. The monoisotopic (exact) mass is 356 g/mol. The Balaban J connectivity index is 2.58. The van der Waals surface area contributed by atoms with Gasteiger partial charge in [-0.1, -0.05) is 0 Å². The number of halogens is 2. The van der Waals surface area contributed by atoms with Crippen LogP contribution in [-0.2, 0) is 6.54 Å². The van der Waals surface area contributed by atoms with Crippen molar-refractivity contribution in [2.45, 2.75) is 11.9 Å². The number of thiol groups is 2. The Morgan fingerprint density at radius 3 is 2.43 bits per heavy atom. The number of hydrogen-bond donors (Lipinski definition) is 3. The van der Waals surface area contributed by atoms with Crippen molar-refractivity contribution in [3.05, 3.63) is 26.9 Å². The number of pyridine rings is 1. The van der Waals surface area contributed by atoms with E-state index in [1.807, 2.05) is 12.1 Å². The highest BCUT2D eigenvalue weighted by Crippen LogP contribution is 2.15. The van der Waals surface area contributed by atoms with Crippen LogP contribution in [-0.4, -0.2) is 16.1 Å². The zero-order chi connectivity index (χ0) is 10.6. The van der Waals surface area contributed by atoms with Gasteiger partial charge in [0.25, 0.3) is 0 Å². The standard InChI is InChI=1S/C8H10Br2N2S2/c9-6-1-5(2-7(10)12-6)3-11-8(14)4-13/h1-2,8,11,13-14H,3-4H2. The molecule has 14 heavy (non-hydrogen) atoms. The molecule has 0 spiro atoms. The summed E-state index contributed by atoms with van der Waals surface area (Å²) in [6, 6.07) is 3.94. The quantitative estimate of drug-likeness (QED) is 0.438. The van der Waals surface area contributed by atoms with Crippen molar-refractivity contribution in [3.8, 4) is 0 Å². The van der Waals surface area contributed by atoms with Crippen molar-refractivity contribution in [3.63, 3.8) is 0 Å². The molecule has 1 aromatic rings. The van der Waals surface area contributed by atoms with Crippen LogP contribution >= 0.6 is 57.1 Å². The summed E-state index contributed by atoms with van der Waals surface area (Å²) in [6.45, 7) is 0.758. The highest BCUT2D eigenvalue weighted by molar-refractivity contribution is 9.11. The fourth-order valence-electron chi connectivity index (χ4n) is 0.916. The van der Waals surface area contributed by atoms with Gasteiger partial charge in [-0.25, -0.2) is 4.98 Å². The molecular formula is C8H10Br2N2S2. The summed E-state index contributed by atoms with van der Waals surface area (Å²) >= 11 is 15.1. The van der Waals surface area contributed by atoms with Gasteiger partial charge in [-0.05, 0) is 49.6 Å². The van der Waals surface area contributed by atoms with Gasteiger partial charge in [0, 0.05) is 12.3 Å². The molecular weight excluding hydrogens is 348 g/mol. The maximum absolute atomic E-state index is 4.29. The molecule has 0 saturated heterocycles. The van der Waals surface area contributed by atoms with Crippen LogP contribution in [0.1, 0.15) is 5.56 Å². The van der Waals surface area contributed by atoms with Gasteiger partial charge in [-0.2, -0.15) is 25.3 Å². The van der Waals surface area contributed by atoms with Crippen LogP contribution in [0.4, 0.5) is 0 Å². The van der Waals surface area contributed by atoms with Gasteiger partial charge in [0.1, 0.15) is 9.21 Å².